The summed E-state index contributed by atoms with van der Waals surface area (Å²) in [6.07, 6.45) is 5.77. The smallest absolute Gasteiger partial charge is 0.318 e. The Labute approximate surface area is 116 Å². The first-order valence-electron chi connectivity index (χ1n) is 6.99. The van der Waals surface area contributed by atoms with Crippen LogP contribution in [0.4, 0.5) is 0 Å². The van der Waals surface area contributed by atoms with Crippen molar-refractivity contribution in [2.24, 2.45) is 5.41 Å². The molecule has 19 heavy (non-hydrogen) atoms. The molecule has 0 aromatic carbocycles. The van der Waals surface area contributed by atoms with Crippen molar-refractivity contribution in [3.05, 3.63) is 0 Å². The molecule has 0 aliphatic heterocycles. The van der Waals surface area contributed by atoms with E-state index in [9.17, 15) is 13.2 Å². The van der Waals surface area contributed by atoms with Crippen molar-refractivity contribution >= 4 is 16.0 Å². The number of carboxylic acids is 1. The van der Waals surface area contributed by atoms with E-state index in [2.05, 4.69) is 0 Å². The first-order chi connectivity index (χ1) is 8.79. The summed E-state index contributed by atoms with van der Waals surface area (Å²) in [5.41, 5.74) is -0.193. The van der Waals surface area contributed by atoms with Crippen LogP contribution in [0.5, 0.6) is 0 Å². The maximum absolute atomic E-state index is 12.4. The topological polar surface area (TPSA) is 74.7 Å². The third-order valence-corrected chi connectivity index (χ3v) is 5.93. The summed E-state index contributed by atoms with van der Waals surface area (Å²) in [5.74, 6) is -1.02. The molecular weight excluding hydrogens is 266 g/mol. The van der Waals surface area contributed by atoms with Crippen molar-refractivity contribution < 1.29 is 18.3 Å². The summed E-state index contributed by atoms with van der Waals surface area (Å²) in [7, 11) is -3.49. The fourth-order valence-corrected chi connectivity index (χ4v) is 4.92. The third kappa shape index (κ3) is 5.10. The van der Waals surface area contributed by atoms with Gasteiger partial charge in [-0.25, -0.2) is 8.42 Å². The average molecular weight is 291 g/mol. The molecule has 1 saturated carbocycles. The molecular formula is C13H25NO4S. The predicted molar refractivity (Wildman–Crippen MR) is 74.5 cm³/mol. The zero-order valence-electron chi connectivity index (χ0n) is 11.9. The lowest BCUT2D eigenvalue weighted by Gasteiger charge is -2.34. The van der Waals surface area contributed by atoms with Gasteiger partial charge >= 0.3 is 5.97 Å². The molecule has 1 aliphatic rings. The van der Waals surface area contributed by atoms with E-state index in [4.69, 9.17) is 5.11 Å². The minimum absolute atomic E-state index is 0.0767. The highest BCUT2D eigenvalue weighted by Crippen LogP contribution is 2.37. The van der Waals surface area contributed by atoms with Crippen LogP contribution in [0.2, 0.25) is 0 Å². The molecule has 5 nitrogen and oxygen atoms in total. The van der Waals surface area contributed by atoms with Crippen molar-refractivity contribution in [2.75, 3.05) is 18.8 Å². The highest BCUT2D eigenvalue weighted by Gasteiger charge is 2.35. The van der Waals surface area contributed by atoms with Gasteiger partial charge in [-0.05, 0) is 24.7 Å². The number of hydrogen-bond acceptors (Lipinski definition) is 3. The summed E-state index contributed by atoms with van der Waals surface area (Å²) >= 11 is 0. The van der Waals surface area contributed by atoms with E-state index in [-0.39, 0.29) is 17.7 Å². The van der Waals surface area contributed by atoms with Gasteiger partial charge in [0.05, 0.1) is 5.75 Å². The van der Waals surface area contributed by atoms with Gasteiger partial charge in [-0.3, -0.25) is 4.79 Å². The number of aliphatic carboxylic acids is 1. The van der Waals surface area contributed by atoms with Crippen LogP contribution < -0.4 is 0 Å². The minimum atomic E-state index is -3.49. The van der Waals surface area contributed by atoms with Crippen LogP contribution in [0.1, 0.15) is 52.4 Å². The van der Waals surface area contributed by atoms with E-state index < -0.39 is 22.5 Å². The molecule has 1 fully saturated rings. The number of rotatable bonds is 7. The molecule has 112 valence electrons. The Morgan fingerprint density at radius 3 is 2.32 bits per heavy atom. The molecule has 0 bridgehead atoms. The van der Waals surface area contributed by atoms with Crippen LogP contribution in [0.15, 0.2) is 0 Å². The van der Waals surface area contributed by atoms with Crippen molar-refractivity contribution in [3.63, 3.8) is 0 Å². The molecule has 1 aliphatic carbocycles. The van der Waals surface area contributed by atoms with Gasteiger partial charge in [0, 0.05) is 6.54 Å². The van der Waals surface area contributed by atoms with E-state index in [1.807, 2.05) is 13.8 Å². The maximum Gasteiger partial charge on any atom is 0.318 e. The molecule has 0 aromatic heterocycles. The van der Waals surface area contributed by atoms with E-state index in [1.165, 1.54) is 6.42 Å². The third-order valence-electron chi connectivity index (χ3n) is 3.77. The first-order valence-corrected chi connectivity index (χ1v) is 8.60. The van der Waals surface area contributed by atoms with E-state index in [1.54, 1.807) is 0 Å². The molecule has 0 aromatic rings. The van der Waals surface area contributed by atoms with Crippen molar-refractivity contribution in [1.29, 1.82) is 0 Å². The fourth-order valence-electron chi connectivity index (χ4n) is 2.80. The standard InChI is InChI=1S/C13H25NO4S/c1-3-9-14(10-12(15)16)19(17,18)11-13(2)7-5-4-6-8-13/h3-11H2,1-2H3,(H,15,16). The molecule has 0 saturated heterocycles. The Kier molecular flexibility index (Phi) is 5.80. The average Bonchev–Trinajstić information content (AvgIpc) is 2.27. The monoisotopic (exact) mass is 291 g/mol. The number of sulfonamides is 1. The maximum atomic E-state index is 12.4. The van der Waals surface area contributed by atoms with Crippen LogP contribution >= 0.6 is 0 Å². The quantitative estimate of drug-likeness (QED) is 0.779. The van der Waals surface area contributed by atoms with Crippen molar-refractivity contribution in [3.8, 4) is 0 Å². The summed E-state index contributed by atoms with van der Waals surface area (Å²) in [5, 5.41) is 8.84. The molecule has 6 heteroatoms. The van der Waals surface area contributed by atoms with Crippen molar-refractivity contribution in [2.45, 2.75) is 52.4 Å². The highest BCUT2D eigenvalue weighted by molar-refractivity contribution is 7.89. The Morgan fingerprint density at radius 1 is 1.26 bits per heavy atom. The number of carbonyl (C=O) groups is 1. The highest BCUT2D eigenvalue weighted by atomic mass is 32.2. The van der Waals surface area contributed by atoms with Gasteiger partial charge in [0.2, 0.25) is 10.0 Å². The summed E-state index contributed by atoms with van der Waals surface area (Å²) in [6, 6.07) is 0. The van der Waals surface area contributed by atoms with Crippen LogP contribution in [-0.2, 0) is 14.8 Å². The number of carboxylic acid groups (broad SMARTS) is 1. The lowest BCUT2D eigenvalue weighted by molar-refractivity contribution is -0.137. The van der Waals surface area contributed by atoms with Gasteiger partial charge in [0.25, 0.3) is 0 Å². The molecule has 1 N–H and O–H groups in total. The van der Waals surface area contributed by atoms with Gasteiger partial charge in [-0.15, -0.1) is 0 Å². The molecule has 0 radical (unpaired) electrons. The van der Waals surface area contributed by atoms with Gasteiger partial charge in [0.1, 0.15) is 6.54 Å². The molecule has 0 spiro atoms. The second-order valence-corrected chi connectivity index (χ2v) is 7.82. The summed E-state index contributed by atoms with van der Waals surface area (Å²) in [6.45, 7) is 3.72. The predicted octanol–water partition coefficient (Wildman–Crippen LogP) is 2.08. The molecule has 0 atom stereocenters. The Bertz CT molecular complexity index is 399. The van der Waals surface area contributed by atoms with Crippen LogP contribution in [0.3, 0.4) is 0 Å². The molecule has 0 unspecified atom stereocenters. The molecule has 0 amide bonds. The van der Waals surface area contributed by atoms with E-state index in [0.29, 0.717) is 6.42 Å². The SMILES string of the molecule is CCCN(CC(=O)O)S(=O)(=O)CC1(C)CCCCC1. The van der Waals surface area contributed by atoms with Crippen molar-refractivity contribution in [1.82, 2.24) is 4.31 Å². The summed E-state index contributed by atoms with van der Waals surface area (Å²) < 4.78 is 25.9. The lowest BCUT2D eigenvalue weighted by atomic mass is 9.77. The molecule has 0 heterocycles. The Morgan fingerprint density at radius 2 is 1.84 bits per heavy atom. The zero-order valence-corrected chi connectivity index (χ0v) is 12.7. The Hall–Kier alpha value is -0.620. The number of nitrogens with zero attached hydrogens (tertiary/aromatic N) is 1. The van der Waals surface area contributed by atoms with E-state index >= 15 is 0 Å². The number of hydrogen-bond donors (Lipinski definition) is 1. The second-order valence-electron chi connectivity index (χ2n) is 5.85. The molecule has 1 rings (SSSR count). The largest absolute Gasteiger partial charge is 0.480 e. The first kappa shape index (κ1) is 16.4. The van der Waals surface area contributed by atoms with Gasteiger partial charge in [0.15, 0.2) is 0 Å². The normalized spacial score (nSPS) is 19.5. The van der Waals surface area contributed by atoms with Crippen LogP contribution in [-0.4, -0.2) is 42.6 Å². The van der Waals surface area contributed by atoms with Gasteiger partial charge in [-0.1, -0.05) is 33.1 Å². The van der Waals surface area contributed by atoms with Gasteiger partial charge in [-0.2, -0.15) is 4.31 Å². The lowest BCUT2D eigenvalue weighted by Crippen LogP contribution is -2.42. The van der Waals surface area contributed by atoms with Crippen LogP contribution in [0, 0.1) is 5.41 Å². The zero-order chi connectivity index (χ0) is 14.5. The minimum Gasteiger partial charge on any atom is -0.480 e. The second kappa shape index (κ2) is 6.70. The van der Waals surface area contributed by atoms with Crippen LogP contribution in [0.25, 0.3) is 0 Å². The van der Waals surface area contributed by atoms with Gasteiger partial charge < -0.3 is 5.11 Å². The summed E-state index contributed by atoms with van der Waals surface area (Å²) in [4.78, 5) is 10.8. The van der Waals surface area contributed by atoms with E-state index in [0.717, 1.165) is 30.0 Å². The Balaban J connectivity index is 2.78. The fraction of sp³-hybridized carbons (Fsp3) is 0.923.